The lowest BCUT2D eigenvalue weighted by atomic mass is 10.0. The minimum absolute atomic E-state index is 0.142. The van der Waals surface area contributed by atoms with E-state index in [-0.39, 0.29) is 24.8 Å². The Morgan fingerprint density at radius 2 is 1.60 bits per heavy atom. The lowest BCUT2D eigenvalue weighted by molar-refractivity contribution is -0.140. The van der Waals surface area contributed by atoms with Gasteiger partial charge in [-0.15, -0.1) is 0 Å². The van der Waals surface area contributed by atoms with Gasteiger partial charge in [-0.2, -0.15) is 0 Å². The van der Waals surface area contributed by atoms with Gasteiger partial charge in [0, 0.05) is 25.6 Å². The first kappa shape index (κ1) is 30.7. The van der Waals surface area contributed by atoms with Gasteiger partial charge in [-0.05, 0) is 36.1 Å². The Morgan fingerprint density at radius 1 is 0.925 bits per heavy atom. The van der Waals surface area contributed by atoms with Gasteiger partial charge in [0.1, 0.15) is 18.3 Å². The van der Waals surface area contributed by atoms with Crippen molar-refractivity contribution in [2.75, 3.05) is 30.8 Å². The summed E-state index contributed by atoms with van der Waals surface area (Å²) in [6.07, 6.45) is 1.34. The number of carbonyl (C=O) groups excluding carboxylic acids is 2. The fourth-order valence-electron chi connectivity index (χ4n) is 4.36. The molecule has 1 N–H and O–H groups in total. The number of hydrogen-bond acceptors (Lipinski definition) is 5. The second-order valence-electron chi connectivity index (χ2n) is 10.3. The van der Waals surface area contributed by atoms with E-state index in [0.29, 0.717) is 18.0 Å². The Balaban J connectivity index is 2.05. The molecule has 0 heterocycles. The standard InChI is InChI=1S/C31H39N3O5S/c1-23(2)20-32-31(36)29(18-25-12-7-6-8-13-25)33(21-26-14-9-11-24(3)17-26)30(35)22-34(40(5,37)38)27-15-10-16-28(19-27)39-4/h6-17,19,23,29H,18,20-22H2,1-5H3,(H,32,36)/t29-/m0/s1. The van der Waals surface area contributed by atoms with Crippen LogP contribution in [0.3, 0.4) is 0 Å². The van der Waals surface area contributed by atoms with Crippen molar-refractivity contribution >= 4 is 27.5 Å². The van der Waals surface area contributed by atoms with Gasteiger partial charge in [0.25, 0.3) is 0 Å². The number of amides is 2. The molecule has 214 valence electrons. The third-order valence-corrected chi connectivity index (χ3v) is 7.55. The highest BCUT2D eigenvalue weighted by Crippen LogP contribution is 2.24. The molecule has 0 aliphatic carbocycles. The number of methoxy groups -OCH3 is 1. The van der Waals surface area contributed by atoms with Crippen LogP contribution in [0.5, 0.6) is 5.75 Å². The number of benzene rings is 3. The number of ether oxygens (including phenoxy) is 1. The summed E-state index contributed by atoms with van der Waals surface area (Å²) >= 11 is 0. The molecule has 0 unspecified atom stereocenters. The van der Waals surface area contributed by atoms with E-state index in [9.17, 15) is 18.0 Å². The van der Waals surface area contributed by atoms with Crippen LogP contribution in [0.2, 0.25) is 0 Å². The van der Waals surface area contributed by atoms with Crippen LogP contribution in [0.4, 0.5) is 5.69 Å². The number of carbonyl (C=O) groups is 2. The number of aryl methyl sites for hydroxylation is 1. The van der Waals surface area contributed by atoms with Gasteiger partial charge in [-0.3, -0.25) is 13.9 Å². The van der Waals surface area contributed by atoms with E-state index >= 15 is 0 Å². The summed E-state index contributed by atoms with van der Waals surface area (Å²) in [5, 5.41) is 2.98. The molecular weight excluding hydrogens is 526 g/mol. The highest BCUT2D eigenvalue weighted by molar-refractivity contribution is 7.92. The summed E-state index contributed by atoms with van der Waals surface area (Å²) in [6, 6.07) is 22.9. The maximum absolute atomic E-state index is 14.1. The molecule has 0 bridgehead atoms. The second kappa shape index (κ2) is 14.0. The molecule has 0 aliphatic heterocycles. The van der Waals surface area contributed by atoms with Crippen molar-refractivity contribution in [2.45, 2.75) is 39.8 Å². The average molecular weight is 566 g/mol. The van der Waals surface area contributed by atoms with Gasteiger partial charge in [-0.25, -0.2) is 8.42 Å². The lowest BCUT2D eigenvalue weighted by Crippen LogP contribution is -2.53. The maximum Gasteiger partial charge on any atom is 0.244 e. The van der Waals surface area contributed by atoms with Crippen LogP contribution in [0.15, 0.2) is 78.9 Å². The zero-order valence-corrected chi connectivity index (χ0v) is 24.6. The molecule has 0 radical (unpaired) electrons. The van der Waals surface area contributed by atoms with Crippen molar-refractivity contribution < 1.29 is 22.7 Å². The Morgan fingerprint density at radius 3 is 2.23 bits per heavy atom. The quantitative estimate of drug-likeness (QED) is 0.336. The molecule has 0 saturated carbocycles. The number of hydrogen-bond donors (Lipinski definition) is 1. The van der Waals surface area contributed by atoms with Crippen molar-refractivity contribution in [1.29, 1.82) is 0 Å². The van der Waals surface area contributed by atoms with Gasteiger partial charge in [0.05, 0.1) is 19.1 Å². The first-order valence-corrected chi connectivity index (χ1v) is 15.1. The minimum Gasteiger partial charge on any atom is -0.497 e. The molecule has 0 aromatic heterocycles. The minimum atomic E-state index is -3.85. The van der Waals surface area contributed by atoms with Gasteiger partial charge in [0.15, 0.2) is 0 Å². The molecule has 1 atom stereocenters. The fraction of sp³-hybridized carbons (Fsp3) is 0.355. The monoisotopic (exact) mass is 565 g/mol. The largest absolute Gasteiger partial charge is 0.497 e. The normalized spacial score (nSPS) is 12.1. The lowest BCUT2D eigenvalue weighted by Gasteiger charge is -2.33. The smallest absolute Gasteiger partial charge is 0.244 e. The summed E-state index contributed by atoms with van der Waals surface area (Å²) in [5.41, 5.74) is 3.05. The summed E-state index contributed by atoms with van der Waals surface area (Å²) in [5.74, 6) is -0.0949. The predicted octanol–water partition coefficient (Wildman–Crippen LogP) is 4.18. The van der Waals surface area contributed by atoms with E-state index in [1.165, 1.54) is 12.0 Å². The van der Waals surface area contributed by atoms with Crippen LogP contribution in [0.25, 0.3) is 0 Å². The van der Waals surface area contributed by atoms with Crippen LogP contribution in [0.1, 0.15) is 30.5 Å². The molecule has 0 fully saturated rings. The molecule has 0 aliphatic rings. The van der Waals surface area contributed by atoms with E-state index in [0.717, 1.165) is 27.3 Å². The Bertz CT molecular complexity index is 1390. The maximum atomic E-state index is 14.1. The second-order valence-corrected chi connectivity index (χ2v) is 12.2. The molecule has 3 aromatic rings. The molecule has 40 heavy (non-hydrogen) atoms. The summed E-state index contributed by atoms with van der Waals surface area (Å²) in [6.45, 7) is 6.08. The summed E-state index contributed by atoms with van der Waals surface area (Å²) in [4.78, 5) is 29.2. The third-order valence-electron chi connectivity index (χ3n) is 6.41. The zero-order valence-electron chi connectivity index (χ0n) is 23.8. The number of sulfonamides is 1. The van der Waals surface area contributed by atoms with Crippen LogP contribution < -0.4 is 14.4 Å². The van der Waals surface area contributed by atoms with Crippen LogP contribution in [0, 0.1) is 12.8 Å². The van der Waals surface area contributed by atoms with Crippen LogP contribution in [-0.2, 0) is 32.6 Å². The molecule has 8 nitrogen and oxygen atoms in total. The Hall–Kier alpha value is -3.85. The van der Waals surface area contributed by atoms with Crippen molar-refractivity contribution in [1.82, 2.24) is 10.2 Å². The van der Waals surface area contributed by atoms with Gasteiger partial charge in [-0.1, -0.05) is 80.1 Å². The van der Waals surface area contributed by atoms with Crippen molar-refractivity contribution in [3.63, 3.8) is 0 Å². The van der Waals surface area contributed by atoms with Gasteiger partial charge in [0.2, 0.25) is 21.8 Å². The fourth-order valence-corrected chi connectivity index (χ4v) is 5.20. The average Bonchev–Trinajstić information content (AvgIpc) is 2.92. The van der Waals surface area contributed by atoms with Gasteiger partial charge < -0.3 is 15.0 Å². The van der Waals surface area contributed by atoms with Gasteiger partial charge >= 0.3 is 0 Å². The van der Waals surface area contributed by atoms with E-state index in [2.05, 4.69) is 5.32 Å². The molecule has 0 saturated heterocycles. The highest BCUT2D eigenvalue weighted by atomic mass is 32.2. The van der Waals surface area contributed by atoms with E-state index < -0.39 is 28.5 Å². The zero-order chi connectivity index (χ0) is 29.3. The van der Waals surface area contributed by atoms with E-state index in [4.69, 9.17) is 4.74 Å². The molecule has 9 heteroatoms. The molecule has 3 aromatic carbocycles. The Kier molecular flexibility index (Phi) is 10.7. The molecule has 3 rings (SSSR count). The molecule has 0 spiro atoms. The number of nitrogens with one attached hydrogen (secondary N) is 1. The van der Waals surface area contributed by atoms with Crippen molar-refractivity contribution in [2.24, 2.45) is 5.92 Å². The topological polar surface area (TPSA) is 96.0 Å². The van der Waals surface area contributed by atoms with Crippen molar-refractivity contribution in [3.8, 4) is 5.75 Å². The number of rotatable bonds is 13. The van der Waals surface area contributed by atoms with Crippen LogP contribution >= 0.6 is 0 Å². The molecule has 2 amide bonds. The first-order valence-electron chi connectivity index (χ1n) is 13.3. The Labute approximate surface area is 238 Å². The summed E-state index contributed by atoms with van der Waals surface area (Å²) in [7, 11) is -2.36. The molecular formula is C31H39N3O5S. The van der Waals surface area contributed by atoms with E-state index in [1.54, 1.807) is 24.3 Å². The van der Waals surface area contributed by atoms with Crippen LogP contribution in [-0.4, -0.2) is 57.6 Å². The first-order chi connectivity index (χ1) is 19.0. The highest BCUT2D eigenvalue weighted by Gasteiger charge is 2.33. The summed E-state index contributed by atoms with van der Waals surface area (Å²) < 4.78 is 32.1. The van der Waals surface area contributed by atoms with Crippen molar-refractivity contribution in [3.05, 3.63) is 95.6 Å². The number of nitrogens with zero attached hydrogens (tertiary/aromatic N) is 2. The predicted molar refractivity (Wildman–Crippen MR) is 159 cm³/mol. The third kappa shape index (κ3) is 8.84. The number of anilines is 1. The SMILES string of the molecule is COc1cccc(N(CC(=O)N(Cc2cccc(C)c2)[C@@H](Cc2ccccc2)C(=O)NCC(C)C)S(C)(=O)=O)c1. The van der Waals surface area contributed by atoms with E-state index in [1.807, 2.05) is 75.4 Å².